The quantitative estimate of drug-likeness (QED) is 0.737. The highest BCUT2D eigenvalue weighted by atomic mass is 16.1. The van der Waals surface area contributed by atoms with Crippen LogP contribution in [0.1, 0.15) is 19.5 Å². The summed E-state index contributed by atoms with van der Waals surface area (Å²) in [6, 6.07) is 5.78. The Hall–Kier alpha value is -1.42. The van der Waals surface area contributed by atoms with E-state index in [9.17, 15) is 4.79 Å². The van der Waals surface area contributed by atoms with Gasteiger partial charge in [-0.05, 0) is 26.0 Å². The molecule has 1 heterocycles. The highest BCUT2D eigenvalue weighted by Gasteiger charge is 2.23. The molecule has 4 nitrogen and oxygen atoms in total. The van der Waals surface area contributed by atoms with Crippen LogP contribution < -0.4 is 11.1 Å². The molecule has 0 saturated heterocycles. The van der Waals surface area contributed by atoms with Gasteiger partial charge in [0.05, 0.1) is 5.54 Å². The third kappa shape index (κ3) is 3.67. The van der Waals surface area contributed by atoms with Gasteiger partial charge in [-0.15, -0.1) is 0 Å². The van der Waals surface area contributed by atoms with Gasteiger partial charge in [-0.3, -0.25) is 9.78 Å². The van der Waals surface area contributed by atoms with Gasteiger partial charge in [0, 0.05) is 24.9 Å². The number of nitrogens with two attached hydrogens (primary N) is 1. The molecule has 0 bridgehead atoms. The third-order valence-corrected chi connectivity index (χ3v) is 2.29. The fourth-order valence-electron chi connectivity index (χ4n) is 1.14. The van der Waals surface area contributed by atoms with E-state index in [4.69, 9.17) is 5.73 Å². The lowest BCUT2D eigenvalue weighted by molar-refractivity contribution is -0.123. The summed E-state index contributed by atoms with van der Waals surface area (Å²) >= 11 is 0. The van der Waals surface area contributed by atoms with Crippen LogP contribution in [0.15, 0.2) is 24.4 Å². The minimum atomic E-state index is -0.658. The van der Waals surface area contributed by atoms with E-state index in [0.29, 0.717) is 6.54 Å². The maximum Gasteiger partial charge on any atom is 0.237 e. The monoisotopic (exact) mass is 207 g/mol. The largest absolute Gasteiger partial charge is 0.368 e. The molecule has 0 unspecified atom stereocenters. The Morgan fingerprint density at radius 2 is 2.27 bits per heavy atom. The molecule has 0 atom stereocenters. The second kappa shape index (κ2) is 4.89. The average Bonchev–Trinajstić information content (AvgIpc) is 2.19. The molecule has 1 rings (SSSR count). The van der Waals surface area contributed by atoms with Crippen LogP contribution in [-0.2, 0) is 11.2 Å². The van der Waals surface area contributed by atoms with Gasteiger partial charge in [0.1, 0.15) is 0 Å². The number of carbonyl (C=O) groups excluding carboxylic acids is 1. The summed E-state index contributed by atoms with van der Waals surface area (Å²) in [6.45, 7) is 4.23. The molecular formula is C11H17N3O. The van der Waals surface area contributed by atoms with Crippen LogP contribution in [0.25, 0.3) is 0 Å². The third-order valence-electron chi connectivity index (χ3n) is 2.29. The number of aromatic nitrogens is 1. The van der Waals surface area contributed by atoms with E-state index in [1.807, 2.05) is 18.2 Å². The van der Waals surface area contributed by atoms with Crippen molar-refractivity contribution in [1.29, 1.82) is 0 Å². The summed E-state index contributed by atoms with van der Waals surface area (Å²) in [5, 5.41) is 3.09. The molecule has 4 heteroatoms. The first-order valence-electron chi connectivity index (χ1n) is 4.97. The maximum atomic E-state index is 11.0. The minimum absolute atomic E-state index is 0.344. The molecule has 0 fully saturated rings. The van der Waals surface area contributed by atoms with Crippen molar-refractivity contribution < 1.29 is 4.79 Å². The summed E-state index contributed by atoms with van der Waals surface area (Å²) in [7, 11) is 0. The number of amides is 1. The predicted molar refractivity (Wildman–Crippen MR) is 59.2 cm³/mol. The molecule has 15 heavy (non-hydrogen) atoms. The Morgan fingerprint density at radius 3 is 2.80 bits per heavy atom. The highest BCUT2D eigenvalue weighted by Crippen LogP contribution is 2.01. The van der Waals surface area contributed by atoms with Crippen molar-refractivity contribution in [1.82, 2.24) is 10.3 Å². The second-order valence-electron chi connectivity index (χ2n) is 3.99. The van der Waals surface area contributed by atoms with Crippen LogP contribution in [0.3, 0.4) is 0 Å². The van der Waals surface area contributed by atoms with E-state index in [-0.39, 0.29) is 5.91 Å². The molecule has 0 saturated carbocycles. The normalized spacial score (nSPS) is 11.3. The molecule has 3 N–H and O–H groups in total. The zero-order chi connectivity index (χ0) is 11.3. The van der Waals surface area contributed by atoms with Crippen molar-refractivity contribution in [2.24, 2.45) is 5.73 Å². The zero-order valence-electron chi connectivity index (χ0n) is 9.16. The summed E-state index contributed by atoms with van der Waals surface area (Å²) in [5.41, 5.74) is 5.58. The van der Waals surface area contributed by atoms with E-state index in [2.05, 4.69) is 10.3 Å². The van der Waals surface area contributed by atoms with Crippen LogP contribution in [0.4, 0.5) is 0 Å². The summed E-state index contributed by atoms with van der Waals surface area (Å²) < 4.78 is 0. The first-order valence-corrected chi connectivity index (χ1v) is 4.97. The number of hydrogen-bond acceptors (Lipinski definition) is 3. The van der Waals surface area contributed by atoms with Crippen molar-refractivity contribution in [3.05, 3.63) is 30.1 Å². The molecule has 0 radical (unpaired) electrons. The first-order chi connectivity index (χ1) is 7.02. The Kier molecular flexibility index (Phi) is 3.80. The summed E-state index contributed by atoms with van der Waals surface area (Å²) in [5.74, 6) is -0.344. The van der Waals surface area contributed by atoms with Crippen molar-refractivity contribution >= 4 is 5.91 Å². The van der Waals surface area contributed by atoms with Gasteiger partial charge in [0.15, 0.2) is 0 Å². The van der Waals surface area contributed by atoms with Crippen molar-refractivity contribution in [2.45, 2.75) is 25.8 Å². The van der Waals surface area contributed by atoms with Crippen molar-refractivity contribution in [3.8, 4) is 0 Å². The Labute approximate surface area is 89.9 Å². The number of rotatable bonds is 5. The summed E-state index contributed by atoms with van der Waals surface area (Å²) in [4.78, 5) is 15.2. The number of nitrogens with zero attached hydrogens (tertiary/aromatic N) is 1. The minimum Gasteiger partial charge on any atom is -0.368 e. The van der Waals surface area contributed by atoms with Gasteiger partial charge in [-0.25, -0.2) is 0 Å². The Morgan fingerprint density at radius 1 is 1.53 bits per heavy atom. The van der Waals surface area contributed by atoms with E-state index in [0.717, 1.165) is 12.1 Å². The predicted octanol–water partition coefficient (Wildman–Crippen LogP) is 0.478. The molecule has 0 aliphatic rings. The average molecular weight is 207 g/mol. The van der Waals surface area contributed by atoms with Gasteiger partial charge in [-0.1, -0.05) is 6.07 Å². The molecule has 1 amide bonds. The Balaban J connectivity index is 2.37. The fraction of sp³-hybridized carbons (Fsp3) is 0.455. The molecule has 0 aliphatic heterocycles. The number of primary amides is 1. The van der Waals surface area contributed by atoms with E-state index < -0.39 is 5.54 Å². The lowest BCUT2D eigenvalue weighted by atomic mass is 10.1. The summed E-state index contributed by atoms with van der Waals surface area (Å²) in [6.07, 6.45) is 2.55. The van der Waals surface area contributed by atoms with Gasteiger partial charge < -0.3 is 11.1 Å². The number of pyridine rings is 1. The zero-order valence-corrected chi connectivity index (χ0v) is 9.16. The Bertz CT molecular complexity index is 322. The SMILES string of the molecule is CC(C)(NCCc1ccccn1)C(N)=O. The smallest absolute Gasteiger partial charge is 0.237 e. The molecule has 1 aromatic heterocycles. The maximum absolute atomic E-state index is 11.0. The fourth-order valence-corrected chi connectivity index (χ4v) is 1.14. The second-order valence-corrected chi connectivity index (χ2v) is 3.99. The molecule has 1 aromatic rings. The molecule has 0 aliphatic carbocycles. The molecule has 0 spiro atoms. The lowest BCUT2D eigenvalue weighted by Gasteiger charge is -2.21. The van der Waals surface area contributed by atoms with Crippen molar-refractivity contribution in [2.75, 3.05) is 6.54 Å². The van der Waals surface area contributed by atoms with Gasteiger partial charge in [0.2, 0.25) is 5.91 Å². The van der Waals surface area contributed by atoms with Crippen LogP contribution >= 0.6 is 0 Å². The van der Waals surface area contributed by atoms with E-state index in [1.165, 1.54) is 0 Å². The number of nitrogens with one attached hydrogen (secondary N) is 1. The van der Waals surface area contributed by atoms with Crippen LogP contribution in [-0.4, -0.2) is 23.0 Å². The molecule has 0 aromatic carbocycles. The number of hydrogen-bond donors (Lipinski definition) is 2. The van der Waals surface area contributed by atoms with Gasteiger partial charge in [0.25, 0.3) is 0 Å². The van der Waals surface area contributed by atoms with Crippen LogP contribution in [0.2, 0.25) is 0 Å². The van der Waals surface area contributed by atoms with Gasteiger partial charge >= 0.3 is 0 Å². The lowest BCUT2D eigenvalue weighted by Crippen LogP contribution is -2.51. The molecular weight excluding hydrogens is 190 g/mol. The molecule has 82 valence electrons. The van der Waals surface area contributed by atoms with E-state index in [1.54, 1.807) is 20.0 Å². The van der Waals surface area contributed by atoms with Gasteiger partial charge in [-0.2, -0.15) is 0 Å². The first kappa shape index (κ1) is 11.7. The highest BCUT2D eigenvalue weighted by molar-refractivity contribution is 5.83. The topological polar surface area (TPSA) is 68.0 Å². The van der Waals surface area contributed by atoms with Crippen LogP contribution in [0, 0.1) is 0 Å². The number of carbonyl (C=O) groups is 1. The van der Waals surface area contributed by atoms with Crippen molar-refractivity contribution in [3.63, 3.8) is 0 Å². The van der Waals surface area contributed by atoms with Crippen LogP contribution in [0.5, 0.6) is 0 Å². The van der Waals surface area contributed by atoms with E-state index >= 15 is 0 Å². The standard InChI is InChI=1S/C11H17N3O/c1-11(2,10(12)15)14-8-6-9-5-3-4-7-13-9/h3-5,7,14H,6,8H2,1-2H3,(H2,12,15).